The van der Waals surface area contributed by atoms with Crippen molar-refractivity contribution >= 4 is 119 Å². The van der Waals surface area contributed by atoms with Crippen LogP contribution in [0.2, 0.25) is 0 Å². The Kier molecular flexibility index (Phi) is 61.5. The molecule has 0 saturated heterocycles. The van der Waals surface area contributed by atoms with Crippen LogP contribution in [0, 0.1) is 35.5 Å². The number of likely N-dealkylation sites (N-methyl/N-ethyl adjacent to an activating group) is 6. The molecule has 780 valence electrons. The maximum Gasteiger partial charge on any atom is 0.308 e. The highest BCUT2D eigenvalue weighted by atomic mass is 31.2. The third-order valence-corrected chi connectivity index (χ3v) is 18.0. The number of phosphoric acid groups is 6. The lowest BCUT2D eigenvalue weighted by Crippen LogP contribution is -2.67. The number of rotatable bonds is 48. The summed E-state index contributed by atoms with van der Waals surface area (Å²) in [5, 5.41) is 52.4. The molecule has 1 saturated carbocycles. The smallest absolute Gasteiger partial charge is 0.308 e. The summed E-state index contributed by atoms with van der Waals surface area (Å²) in [5.41, 5.74) is 0. The Labute approximate surface area is 768 Å². The van der Waals surface area contributed by atoms with Crippen molar-refractivity contribution in [1.29, 1.82) is 0 Å². The van der Waals surface area contributed by atoms with Gasteiger partial charge in [-0.05, 0) is 0 Å². The second kappa shape index (κ2) is 59.4. The molecule has 1 rings (SSSR count). The SMILES string of the molecule is CC(C)C(=O)O[C@@H](CC(=O)O)C[N+](C)(C)C.CC(C)C(=O)O[C@@H](CC(=O)O)C[N+](C)(C)C.CC(C)C(=O)O[C@@H](CC(=O)O)C[N+](C)(C)C.CC(C)C(=O)O[C@@H](CC(=O)O)C[N+](C)(C)C.CC(C)C(=O)O[C@@H](CC(=O)O)C[N+](C)(C)C.CC(C)C(=O)O[C@@H](CC(=O)O)C[N+](C)(C)C.O=P([O-])(O)OC1C(OP(=O)([O-])O)C(OP(=O)([O-])O)C(OP(=O)([O-])O)C(OP(=O)([O-])O)C1OP(=O)([O-])O. The van der Waals surface area contributed by atoms with Gasteiger partial charge >= 0.3 is 71.6 Å². The second-order valence-corrected chi connectivity index (χ2v) is 44.8. The van der Waals surface area contributed by atoms with Gasteiger partial charge in [0.1, 0.15) is 75.9 Å². The second-order valence-electron chi connectivity index (χ2n) is 37.9. The third kappa shape index (κ3) is 83.4. The van der Waals surface area contributed by atoms with E-state index in [1.807, 2.05) is 127 Å². The topological polar surface area (TPSA) is 799 Å². The molecule has 0 spiro atoms. The zero-order valence-electron chi connectivity index (χ0n) is 80.3. The van der Waals surface area contributed by atoms with Gasteiger partial charge in [-0.3, -0.25) is 84.9 Å². The molecule has 60 heteroatoms. The molecule has 0 aromatic carbocycles. The average Bonchev–Trinajstić information content (AvgIpc) is 0.742. The summed E-state index contributed by atoms with van der Waals surface area (Å²) in [6, 6.07) is 0. The largest absolute Gasteiger partial charge is 0.756 e. The standard InChI is InChI=1S/6C11H21NO4.C6H18O24P6/c6*1-8(2)11(15)16-9(6-10(13)14)7-12(3,4)5;7-31(8,9)25-1-2(26-32(10,11)12)4(28-34(16,17)18)6(30-36(22,23)24)5(29-35(19,20)21)3(1)27-33(13,14)15/h6*8-9H,6-7H2,1-5H3;1-6H,(H2,7,8,9)(H2,10,11,12)(H2,13,14,15)(H2,16,17,18)(H2,19,20,21)(H2,22,23,24)/t6*9-;/m000000./s1. The van der Waals surface area contributed by atoms with Crippen molar-refractivity contribution in [3.63, 3.8) is 0 Å². The van der Waals surface area contributed by atoms with Gasteiger partial charge < -0.3 is 172 Å². The molecule has 1 fully saturated rings. The molecule has 0 bridgehead atoms. The first-order chi connectivity index (χ1) is 58.3. The molecule has 0 radical (unpaired) electrons. The van der Waals surface area contributed by atoms with Gasteiger partial charge in [0.25, 0.3) is 46.9 Å². The molecule has 6 unspecified atom stereocenters. The Bertz CT molecular complexity index is 3260. The summed E-state index contributed by atoms with van der Waals surface area (Å²) in [6.45, 7) is 23.7. The molecule has 0 aromatic rings. The van der Waals surface area contributed by atoms with Crippen molar-refractivity contribution in [2.75, 3.05) is 166 Å². The normalized spacial score (nSPS) is 20.1. The minimum absolute atomic E-state index is 0.145. The van der Waals surface area contributed by atoms with E-state index in [9.17, 15) is 114 Å². The van der Waals surface area contributed by atoms with Crippen LogP contribution >= 0.6 is 46.9 Å². The fourth-order valence-electron chi connectivity index (χ4n) is 10.3. The van der Waals surface area contributed by atoms with Crippen LogP contribution in [0.4, 0.5) is 0 Å². The summed E-state index contributed by atoms with van der Waals surface area (Å²) in [6.07, 6.45) is -24.4. The molecule has 12 atom stereocenters. The van der Waals surface area contributed by atoms with E-state index in [2.05, 4.69) is 27.1 Å². The van der Waals surface area contributed by atoms with Gasteiger partial charge in [0, 0.05) is 0 Å². The fraction of sp³-hybridized carbons (Fsp3) is 0.833. The van der Waals surface area contributed by atoms with Gasteiger partial charge in [-0.25, -0.2) is 0 Å². The third-order valence-electron chi connectivity index (χ3n) is 14.9. The number of carbonyl (C=O) groups excluding carboxylic acids is 6. The molecular formula is C72H144N6O48P6. The first-order valence-corrected chi connectivity index (χ1v) is 48.9. The molecule has 54 nitrogen and oxygen atoms in total. The number of carboxylic acid groups (broad SMARTS) is 6. The Hall–Kier alpha value is -5.94. The van der Waals surface area contributed by atoms with Crippen LogP contribution in [-0.4, -0.2) is 398 Å². The predicted molar refractivity (Wildman–Crippen MR) is 447 cm³/mol. The van der Waals surface area contributed by atoms with E-state index < -0.39 is 156 Å². The number of phosphoric ester groups is 6. The molecule has 0 amide bonds. The first kappa shape index (κ1) is 137. The minimum Gasteiger partial charge on any atom is -0.756 e. The lowest BCUT2D eigenvalue weighted by Gasteiger charge is -2.52. The Morgan fingerprint density at radius 1 is 0.220 bits per heavy atom. The summed E-state index contributed by atoms with van der Waals surface area (Å²) in [7, 11) is -3.38. The van der Waals surface area contributed by atoms with Crippen LogP contribution in [-0.2, 0) is 140 Å². The number of carbonyl (C=O) groups is 12. The van der Waals surface area contributed by atoms with Gasteiger partial charge in [0.15, 0.2) is 36.6 Å². The average molecular weight is 2050 g/mol. The van der Waals surface area contributed by atoms with E-state index in [1.165, 1.54) is 0 Å². The number of quaternary nitrogens is 6. The first-order valence-electron chi connectivity index (χ1n) is 40.0. The molecule has 1 aliphatic carbocycles. The molecule has 0 aromatic heterocycles. The maximum absolute atomic E-state index is 11.4. The molecule has 0 aliphatic heterocycles. The number of hydrogen-bond acceptors (Lipinski definition) is 36. The fourth-order valence-corrected chi connectivity index (χ4v) is 13.5. The van der Waals surface area contributed by atoms with Crippen molar-refractivity contribution in [3.05, 3.63) is 0 Å². The number of ether oxygens (including phenoxy) is 6. The van der Waals surface area contributed by atoms with Crippen molar-refractivity contribution < 1.29 is 257 Å². The number of nitrogens with zero attached hydrogens (tertiary/aromatic N) is 6. The van der Waals surface area contributed by atoms with Gasteiger partial charge in [0.2, 0.25) is 0 Å². The summed E-state index contributed by atoms with van der Waals surface area (Å²) >= 11 is 0. The van der Waals surface area contributed by atoms with Crippen LogP contribution in [0.5, 0.6) is 0 Å². The van der Waals surface area contributed by atoms with Crippen LogP contribution < -0.4 is 29.4 Å². The lowest BCUT2D eigenvalue weighted by atomic mass is 9.85. The van der Waals surface area contributed by atoms with Gasteiger partial charge in [0.05, 0.1) is 201 Å². The van der Waals surface area contributed by atoms with Crippen LogP contribution in [0.15, 0.2) is 0 Å². The summed E-state index contributed by atoms with van der Waals surface area (Å²) in [4.78, 5) is 254. The highest BCUT2D eigenvalue weighted by Crippen LogP contribution is 2.54. The van der Waals surface area contributed by atoms with Gasteiger partial charge in [-0.15, -0.1) is 0 Å². The summed E-state index contributed by atoms with van der Waals surface area (Å²) < 4.78 is 125. The molecule has 132 heavy (non-hydrogen) atoms. The van der Waals surface area contributed by atoms with Crippen molar-refractivity contribution in [2.45, 2.75) is 195 Å². The highest BCUT2D eigenvalue weighted by molar-refractivity contribution is 7.46. The van der Waals surface area contributed by atoms with Gasteiger partial charge in [-0.2, -0.15) is 0 Å². The number of aliphatic carboxylic acids is 6. The van der Waals surface area contributed by atoms with E-state index in [0.717, 1.165) is 0 Å². The minimum atomic E-state index is -6.35. The Balaban J connectivity index is -0.000000363. The van der Waals surface area contributed by atoms with Crippen molar-refractivity contribution in [2.24, 2.45) is 35.5 Å². The molecule has 0 heterocycles. The highest BCUT2D eigenvalue weighted by Gasteiger charge is 2.60. The van der Waals surface area contributed by atoms with E-state index >= 15 is 0 Å². The predicted octanol–water partition coefficient (Wildman–Crippen LogP) is -2.51. The Morgan fingerprint density at radius 2 is 0.303 bits per heavy atom. The molecule has 12 N–H and O–H groups in total. The van der Waals surface area contributed by atoms with Crippen molar-refractivity contribution in [3.8, 4) is 0 Å². The van der Waals surface area contributed by atoms with Crippen molar-refractivity contribution in [1.82, 2.24) is 0 Å². The number of carboxylic acids is 6. The number of hydrogen-bond donors (Lipinski definition) is 12. The van der Waals surface area contributed by atoms with Gasteiger partial charge in [-0.1, -0.05) is 83.1 Å². The Morgan fingerprint density at radius 3 is 0.356 bits per heavy atom. The maximum atomic E-state index is 11.4. The molecular weight excluding hydrogens is 1900 g/mol. The van der Waals surface area contributed by atoms with E-state index in [4.69, 9.17) is 88.4 Å². The van der Waals surface area contributed by atoms with E-state index in [0.29, 0.717) is 66.2 Å². The lowest BCUT2D eigenvalue weighted by molar-refractivity contribution is -0.873. The van der Waals surface area contributed by atoms with E-state index in [1.54, 1.807) is 83.1 Å². The van der Waals surface area contributed by atoms with Crippen LogP contribution in [0.25, 0.3) is 0 Å². The van der Waals surface area contributed by atoms with Crippen LogP contribution in [0.1, 0.15) is 122 Å². The quantitative estimate of drug-likeness (QED) is 0.0130. The summed E-state index contributed by atoms with van der Waals surface area (Å²) in [5.74, 6) is -9.18. The monoisotopic (exact) mass is 2050 g/mol. The number of esters is 6. The molecule has 1 aliphatic rings. The zero-order valence-corrected chi connectivity index (χ0v) is 85.7. The zero-order chi connectivity index (χ0) is 106. The van der Waals surface area contributed by atoms with E-state index in [-0.39, 0.29) is 110 Å². The van der Waals surface area contributed by atoms with Crippen LogP contribution in [0.3, 0.4) is 0 Å².